The lowest BCUT2D eigenvalue weighted by Gasteiger charge is -2.17. The molecule has 0 aliphatic heterocycles. The number of aromatic amines is 1. The van der Waals surface area contributed by atoms with Gasteiger partial charge in [-0.25, -0.2) is 0 Å². The first-order chi connectivity index (χ1) is 8.89. The number of rotatable bonds is 6. The molecule has 6 nitrogen and oxygen atoms in total. The smallest absolute Gasteiger partial charge is 0.225 e. The number of hydrogen-bond acceptors (Lipinski definition) is 3. The monoisotopic (exact) mass is 266 g/mol. The lowest BCUT2D eigenvalue weighted by atomic mass is 9.96. The highest BCUT2D eigenvalue weighted by Crippen LogP contribution is 2.12. The van der Waals surface area contributed by atoms with Crippen molar-refractivity contribution in [2.45, 2.75) is 40.2 Å². The molecule has 3 N–H and O–H groups in total. The summed E-state index contributed by atoms with van der Waals surface area (Å²) in [5.74, 6) is -0.0162. The minimum Gasteiger partial charge on any atom is -0.356 e. The first-order valence-corrected chi connectivity index (χ1v) is 6.42. The van der Waals surface area contributed by atoms with Crippen LogP contribution >= 0.6 is 0 Å². The van der Waals surface area contributed by atoms with Crippen LogP contribution in [0.2, 0.25) is 0 Å². The lowest BCUT2D eigenvalue weighted by Crippen LogP contribution is -2.35. The van der Waals surface area contributed by atoms with E-state index in [1.165, 1.54) is 0 Å². The first kappa shape index (κ1) is 15.2. The Morgan fingerprint density at radius 3 is 2.63 bits per heavy atom. The molecule has 0 unspecified atom stereocenters. The van der Waals surface area contributed by atoms with E-state index < -0.39 is 0 Å². The van der Waals surface area contributed by atoms with Gasteiger partial charge in [0, 0.05) is 36.7 Å². The highest BCUT2D eigenvalue weighted by atomic mass is 16.2. The zero-order valence-electron chi connectivity index (χ0n) is 11.7. The zero-order valence-corrected chi connectivity index (χ0v) is 11.7. The average molecular weight is 266 g/mol. The first-order valence-electron chi connectivity index (χ1n) is 6.42. The largest absolute Gasteiger partial charge is 0.356 e. The van der Waals surface area contributed by atoms with Gasteiger partial charge in [-0.15, -0.1) is 0 Å². The molecule has 19 heavy (non-hydrogen) atoms. The van der Waals surface area contributed by atoms with Gasteiger partial charge in [0.15, 0.2) is 0 Å². The van der Waals surface area contributed by atoms with Gasteiger partial charge >= 0.3 is 0 Å². The Morgan fingerprint density at radius 1 is 1.32 bits per heavy atom. The van der Waals surface area contributed by atoms with Gasteiger partial charge in [0.2, 0.25) is 11.8 Å². The molecule has 1 aromatic rings. The molecule has 0 aliphatic carbocycles. The van der Waals surface area contributed by atoms with Gasteiger partial charge in [-0.2, -0.15) is 5.10 Å². The Labute approximate surface area is 113 Å². The fourth-order valence-corrected chi connectivity index (χ4v) is 1.38. The van der Waals surface area contributed by atoms with Crippen molar-refractivity contribution in [3.8, 4) is 0 Å². The SMILES string of the molecule is CC(C)(C)C(=O)NCCCC(=O)NCc1cn[nH]c1. The Kier molecular flexibility index (Phi) is 5.54. The fourth-order valence-electron chi connectivity index (χ4n) is 1.38. The number of carbonyl (C=O) groups excluding carboxylic acids is 2. The Bertz CT molecular complexity index is 407. The topological polar surface area (TPSA) is 86.9 Å². The van der Waals surface area contributed by atoms with E-state index in [9.17, 15) is 9.59 Å². The summed E-state index contributed by atoms with van der Waals surface area (Å²) in [6.45, 7) is 6.58. The second kappa shape index (κ2) is 6.92. The van der Waals surface area contributed by atoms with Crippen molar-refractivity contribution in [2.75, 3.05) is 6.54 Å². The number of nitrogens with zero attached hydrogens (tertiary/aromatic N) is 1. The van der Waals surface area contributed by atoms with E-state index in [0.717, 1.165) is 5.56 Å². The van der Waals surface area contributed by atoms with Crippen LogP contribution in [0.3, 0.4) is 0 Å². The highest BCUT2D eigenvalue weighted by Gasteiger charge is 2.20. The number of nitrogens with one attached hydrogen (secondary N) is 3. The molecule has 0 radical (unpaired) electrons. The molecule has 1 aromatic heterocycles. The molecule has 106 valence electrons. The van der Waals surface area contributed by atoms with Crippen molar-refractivity contribution in [3.05, 3.63) is 18.0 Å². The maximum absolute atomic E-state index is 11.6. The number of carbonyl (C=O) groups is 2. The fraction of sp³-hybridized carbons (Fsp3) is 0.615. The van der Waals surface area contributed by atoms with Gasteiger partial charge in [0.1, 0.15) is 0 Å². The standard InChI is InChI=1S/C13H22N4O2/c1-13(2,3)12(19)14-6-4-5-11(18)15-7-10-8-16-17-9-10/h8-9H,4-7H2,1-3H3,(H,14,19)(H,15,18)(H,16,17). The van der Waals surface area contributed by atoms with Crippen LogP contribution in [0.5, 0.6) is 0 Å². The quantitative estimate of drug-likeness (QED) is 0.670. The normalized spacial score (nSPS) is 11.1. The van der Waals surface area contributed by atoms with E-state index in [2.05, 4.69) is 20.8 Å². The van der Waals surface area contributed by atoms with Gasteiger partial charge < -0.3 is 10.6 Å². The molecule has 1 heterocycles. The van der Waals surface area contributed by atoms with Gasteiger partial charge in [-0.3, -0.25) is 14.7 Å². The van der Waals surface area contributed by atoms with Crippen LogP contribution in [0, 0.1) is 5.41 Å². The molecule has 0 fully saturated rings. The summed E-state index contributed by atoms with van der Waals surface area (Å²) >= 11 is 0. The van der Waals surface area contributed by atoms with Crippen LogP contribution in [0.25, 0.3) is 0 Å². The van der Waals surface area contributed by atoms with Crippen LogP contribution in [-0.2, 0) is 16.1 Å². The number of aromatic nitrogens is 2. The summed E-state index contributed by atoms with van der Waals surface area (Å²) in [5, 5.41) is 12.1. The van der Waals surface area contributed by atoms with E-state index >= 15 is 0 Å². The third-order valence-corrected chi connectivity index (χ3v) is 2.59. The van der Waals surface area contributed by atoms with Crippen molar-refractivity contribution in [2.24, 2.45) is 5.41 Å². The molecular formula is C13H22N4O2. The van der Waals surface area contributed by atoms with Gasteiger partial charge in [0.05, 0.1) is 6.20 Å². The molecule has 0 spiro atoms. The van der Waals surface area contributed by atoms with Crippen LogP contribution in [0.15, 0.2) is 12.4 Å². The summed E-state index contributed by atoms with van der Waals surface area (Å²) in [6, 6.07) is 0. The predicted octanol–water partition coefficient (Wildman–Crippen LogP) is 0.968. The van der Waals surface area contributed by atoms with Crippen LogP contribution in [0.4, 0.5) is 0 Å². The average Bonchev–Trinajstić information content (AvgIpc) is 2.83. The van der Waals surface area contributed by atoms with E-state index in [1.54, 1.807) is 12.4 Å². The lowest BCUT2D eigenvalue weighted by molar-refractivity contribution is -0.128. The zero-order chi connectivity index (χ0) is 14.3. The third-order valence-electron chi connectivity index (χ3n) is 2.59. The number of amides is 2. The Morgan fingerprint density at radius 2 is 2.05 bits per heavy atom. The highest BCUT2D eigenvalue weighted by molar-refractivity contribution is 5.81. The van der Waals surface area contributed by atoms with Crippen molar-refractivity contribution in [1.29, 1.82) is 0 Å². The number of hydrogen-bond donors (Lipinski definition) is 3. The molecule has 2 amide bonds. The molecular weight excluding hydrogens is 244 g/mol. The van der Waals surface area contributed by atoms with Crippen molar-refractivity contribution < 1.29 is 9.59 Å². The van der Waals surface area contributed by atoms with Crippen LogP contribution < -0.4 is 10.6 Å². The summed E-state index contributed by atoms with van der Waals surface area (Å²) < 4.78 is 0. The molecule has 0 saturated carbocycles. The molecule has 0 aliphatic rings. The second-order valence-corrected chi connectivity index (χ2v) is 5.49. The summed E-state index contributed by atoms with van der Waals surface area (Å²) in [5.41, 5.74) is 0.554. The van der Waals surface area contributed by atoms with Crippen molar-refractivity contribution >= 4 is 11.8 Å². The predicted molar refractivity (Wildman–Crippen MR) is 72.1 cm³/mol. The molecule has 0 atom stereocenters. The minimum atomic E-state index is -0.385. The van der Waals surface area contributed by atoms with Gasteiger partial charge in [0.25, 0.3) is 0 Å². The number of H-pyrrole nitrogens is 1. The maximum Gasteiger partial charge on any atom is 0.225 e. The third kappa shape index (κ3) is 6.03. The Hall–Kier alpha value is -1.85. The molecule has 0 saturated heterocycles. The maximum atomic E-state index is 11.6. The second-order valence-electron chi connectivity index (χ2n) is 5.49. The Balaban J connectivity index is 2.09. The molecule has 0 aromatic carbocycles. The van der Waals surface area contributed by atoms with Crippen molar-refractivity contribution in [3.63, 3.8) is 0 Å². The van der Waals surface area contributed by atoms with Gasteiger partial charge in [-0.1, -0.05) is 20.8 Å². The van der Waals surface area contributed by atoms with Crippen LogP contribution in [0.1, 0.15) is 39.2 Å². The minimum absolute atomic E-state index is 0.00584. The summed E-state index contributed by atoms with van der Waals surface area (Å²) in [4.78, 5) is 23.1. The van der Waals surface area contributed by atoms with Gasteiger partial charge in [-0.05, 0) is 6.42 Å². The molecule has 0 bridgehead atoms. The van der Waals surface area contributed by atoms with Crippen molar-refractivity contribution in [1.82, 2.24) is 20.8 Å². The van der Waals surface area contributed by atoms with Crippen LogP contribution in [-0.4, -0.2) is 28.6 Å². The summed E-state index contributed by atoms with van der Waals surface area (Å²) in [6.07, 6.45) is 4.45. The summed E-state index contributed by atoms with van der Waals surface area (Å²) in [7, 11) is 0. The van der Waals surface area contributed by atoms with E-state index in [1.807, 2.05) is 20.8 Å². The van der Waals surface area contributed by atoms with E-state index in [-0.39, 0.29) is 17.2 Å². The van der Waals surface area contributed by atoms with E-state index in [0.29, 0.717) is 25.9 Å². The molecule has 6 heteroatoms. The van der Waals surface area contributed by atoms with E-state index in [4.69, 9.17) is 0 Å². The molecule has 1 rings (SSSR count).